The van der Waals surface area contributed by atoms with Gasteiger partial charge in [-0.15, -0.1) is 0 Å². The van der Waals surface area contributed by atoms with Crippen molar-refractivity contribution in [3.63, 3.8) is 0 Å². The lowest BCUT2D eigenvalue weighted by Crippen LogP contribution is -2.47. The molecule has 0 aromatic rings. The molecule has 0 aromatic heterocycles. The highest BCUT2D eigenvalue weighted by atomic mass is 16.5. The van der Waals surface area contributed by atoms with Crippen LogP contribution in [0.25, 0.3) is 0 Å². The van der Waals surface area contributed by atoms with Crippen LogP contribution < -0.4 is 5.32 Å². The van der Waals surface area contributed by atoms with E-state index in [9.17, 15) is 9.59 Å². The molecule has 90 valence electrons. The van der Waals surface area contributed by atoms with Crippen molar-refractivity contribution in [1.29, 1.82) is 0 Å². The Labute approximate surface area is 95.1 Å². The van der Waals surface area contributed by atoms with E-state index < -0.39 is 5.41 Å². The lowest BCUT2D eigenvalue weighted by Gasteiger charge is -2.27. The molecule has 0 radical (unpaired) electrons. The van der Waals surface area contributed by atoms with Gasteiger partial charge in [0, 0.05) is 19.5 Å². The molecule has 1 N–H and O–H groups in total. The molecule has 2 aliphatic heterocycles. The first-order chi connectivity index (χ1) is 7.50. The van der Waals surface area contributed by atoms with Crippen LogP contribution in [0.15, 0.2) is 0 Å². The number of morpholine rings is 1. The van der Waals surface area contributed by atoms with Crippen LogP contribution in [0.3, 0.4) is 0 Å². The normalized spacial score (nSPS) is 29.9. The van der Waals surface area contributed by atoms with Crippen LogP contribution in [0.2, 0.25) is 0 Å². The van der Waals surface area contributed by atoms with Crippen molar-refractivity contribution < 1.29 is 14.3 Å². The van der Waals surface area contributed by atoms with Crippen molar-refractivity contribution >= 4 is 11.8 Å². The van der Waals surface area contributed by atoms with E-state index >= 15 is 0 Å². The van der Waals surface area contributed by atoms with Crippen LogP contribution in [-0.4, -0.2) is 49.1 Å². The van der Waals surface area contributed by atoms with E-state index in [1.54, 1.807) is 0 Å². The van der Waals surface area contributed by atoms with Gasteiger partial charge in [-0.25, -0.2) is 0 Å². The van der Waals surface area contributed by atoms with Gasteiger partial charge in [-0.1, -0.05) is 13.8 Å². The molecule has 16 heavy (non-hydrogen) atoms. The molecule has 0 spiro atoms. The lowest BCUT2D eigenvalue weighted by atomic mass is 9.92. The van der Waals surface area contributed by atoms with Crippen molar-refractivity contribution in [3.8, 4) is 0 Å². The Morgan fingerprint density at radius 2 is 2.25 bits per heavy atom. The summed E-state index contributed by atoms with van der Waals surface area (Å²) in [5, 5.41) is 3.18. The van der Waals surface area contributed by atoms with Crippen LogP contribution in [0.5, 0.6) is 0 Å². The zero-order valence-corrected chi connectivity index (χ0v) is 9.78. The van der Waals surface area contributed by atoms with E-state index in [2.05, 4.69) is 5.32 Å². The van der Waals surface area contributed by atoms with Gasteiger partial charge in [0.25, 0.3) is 0 Å². The predicted octanol–water partition coefficient (Wildman–Crippen LogP) is -0.240. The summed E-state index contributed by atoms with van der Waals surface area (Å²) in [5.74, 6) is -0.157. The second-order valence-electron chi connectivity index (χ2n) is 5.07. The minimum atomic E-state index is -0.542. The Balaban J connectivity index is 1.99. The quantitative estimate of drug-likeness (QED) is 0.660. The smallest absolute Gasteiger partial charge is 0.235 e. The van der Waals surface area contributed by atoms with E-state index in [1.807, 2.05) is 13.8 Å². The molecule has 0 saturated carbocycles. The number of ether oxygens (including phenoxy) is 1. The molecule has 2 rings (SSSR count). The highest BCUT2D eigenvalue weighted by Crippen LogP contribution is 2.31. The number of carbonyl (C=O) groups is 2. The highest BCUT2D eigenvalue weighted by molar-refractivity contribution is 6.05. The summed E-state index contributed by atoms with van der Waals surface area (Å²) < 4.78 is 5.50. The number of nitrogens with zero attached hydrogens (tertiary/aromatic N) is 1. The van der Waals surface area contributed by atoms with Gasteiger partial charge < -0.3 is 10.1 Å². The molecule has 1 unspecified atom stereocenters. The van der Waals surface area contributed by atoms with Gasteiger partial charge >= 0.3 is 0 Å². The first kappa shape index (κ1) is 11.5. The summed E-state index contributed by atoms with van der Waals surface area (Å²) in [7, 11) is 0. The summed E-state index contributed by atoms with van der Waals surface area (Å²) in [5.41, 5.74) is -0.542. The number of likely N-dealkylation sites (tertiary alicyclic amines) is 1. The van der Waals surface area contributed by atoms with E-state index in [1.165, 1.54) is 4.90 Å². The van der Waals surface area contributed by atoms with E-state index in [4.69, 9.17) is 4.74 Å². The van der Waals surface area contributed by atoms with E-state index in [0.717, 1.165) is 6.54 Å². The van der Waals surface area contributed by atoms with Gasteiger partial charge in [-0.3, -0.25) is 14.5 Å². The van der Waals surface area contributed by atoms with Gasteiger partial charge in [0.15, 0.2) is 0 Å². The maximum Gasteiger partial charge on any atom is 0.235 e. The van der Waals surface area contributed by atoms with Crippen molar-refractivity contribution in [2.45, 2.75) is 26.4 Å². The number of rotatable bonds is 2. The Hall–Kier alpha value is -0.940. The summed E-state index contributed by atoms with van der Waals surface area (Å²) in [4.78, 5) is 25.0. The molecule has 0 bridgehead atoms. The van der Waals surface area contributed by atoms with Crippen molar-refractivity contribution in [3.05, 3.63) is 0 Å². The molecule has 2 heterocycles. The molecule has 5 heteroatoms. The summed E-state index contributed by atoms with van der Waals surface area (Å²) in [6.45, 7) is 6.19. The van der Waals surface area contributed by atoms with Gasteiger partial charge in [0.2, 0.25) is 11.8 Å². The fraction of sp³-hybridized carbons (Fsp3) is 0.818. The van der Waals surface area contributed by atoms with Gasteiger partial charge in [-0.2, -0.15) is 0 Å². The van der Waals surface area contributed by atoms with Crippen molar-refractivity contribution in [2.24, 2.45) is 5.41 Å². The number of hydrogen-bond donors (Lipinski definition) is 1. The number of amides is 2. The van der Waals surface area contributed by atoms with Gasteiger partial charge in [0.1, 0.15) is 0 Å². The van der Waals surface area contributed by atoms with Gasteiger partial charge in [0.05, 0.1) is 24.7 Å². The fourth-order valence-electron chi connectivity index (χ4n) is 2.15. The Kier molecular flexibility index (Phi) is 2.99. The molecule has 0 aromatic carbocycles. The molecular formula is C11H18N2O3. The number of carbonyl (C=O) groups excluding carboxylic acids is 2. The monoisotopic (exact) mass is 226 g/mol. The second kappa shape index (κ2) is 4.14. The first-order valence-corrected chi connectivity index (χ1v) is 5.68. The average Bonchev–Trinajstić information content (AvgIpc) is 2.42. The highest BCUT2D eigenvalue weighted by Gasteiger charge is 2.45. The molecule has 5 nitrogen and oxygen atoms in total. The minimum absolute atomic E-state index is 0.0597. The zero-order chi connectivity index (χ0) is 11.8. The Bertz CT molecular complexity index is 308. The zero-order valence-electron chi connectivity index (χ0n) is 9.78. The van der Waals surface area contributed by atoms with Crippen molar-refractivity contribution in [1.82, 2.24) is 10.2 Å². The lowest BCUT2D eigenvalue weighted by molar-refractivity contribution is -0.143. The van der Waals surface area contributed by atoms with Crippen LogP contribution in [0.4, 0.5) is 0 Å². The SMILES string of the molecule is CC1(C)CC(=O)N(CC2CNCCO2)C1=O. The third kappa shape index (κ3) is 2.10. The maximum absolute atomic E-state index is 11.9. The van der Waals surface area contributed by atoms with Crippen LogP contribution in [0, 0.1) is 5.41 Å². The number of hydrogen-bond acceptors (Lipinski definition) is 4. The molecule has 0 aliphatic carbocycles. The second-order valence-corrected chi connectivity index (χ2v) is 5.07. The number of imide groups is 1. The molecule has 2 aliphatic rings. The largest absolute Gasteiger partial charge is 0.374 e. The van der Waals surface area contributed by atoms with Crippen LogP contribution >= 0.6 is 0 Å². The first-order valence-electron chi connectivity index (χ1n) is 5.68. The summed E-state index contributed by atoms with van der Waals surface area (Å²) in [6.07, 6.45) is 0.252. The van der Waals surface area contributed by atoms with Gasteiger partial charge in [-0.05, 0) is 0 Å². The standard InChI is InChI=1S/C11H18N2O3/c1-11(2)5-9(14)13(10(11)15)7-8-6-12-3-4-16-8/h8,12H,3-7H2,1-2H3. The Morgan fingerprint density at radius 3 is 2.75 bits per heavy atom. The molecule has 2 amide bonds. The number of nitrogens with one attached hydrogen (secondary N) is 1. The van der Waals surface area contributed by atoms with Crippen LogP contribution in [-0.2, 0) is 14.3 Å². The topological polar surface area (TPSA) is 58.6 Å². The Morgan fingerprint density at radius 1 is 1.50 bits per heavy atom. The maximum atomic E-state index is 11.9. The average molecular weight is 226 g/mol. The van der Waals surface area contributed by atoms with Crippen LogP contribution in [0.1, 0.15) is 20.3 Å². The third-order valence-electron chi connectivity index (χ3n) is 3.11. The summed E-state index contributed by atoms with van der Waals surface area (Å²) in [6, 6.07) is 0. The summed E-state index contributed by atoms with van der Waals surface area (Å²) >= 11 is 0. The fourth-order valence-corrected chi connectivity index (χ4v) is 2.15. The van der Waals surface area contributed by atoms with E-state index in [-0.39, 0.29) is 17.9 Å². The molecule has 2 saturated heterocycles. The predicted molar refractivity (Wildman–Crippen MR) is 57.7 cm³/mol. The molecule has 1 atom stereocenters. The van der Waals surface area contributed by atoms with Crippen molar-refractivity contribution in [2.75, 3.05) is 26.2 Å². The minimum Gasteiger partial charge on any atom is -0.374 e. The van der Waals surface area contributed by atoms with E-state index in [0.29, 0.717) is 26.1 Å². The molecular weight excluding hydrogens is 208 g/mol. The third-order valence-corrected chi connectivity index (χ3v) is 3.11. The molecule has 2 fully saturated rings.